The van der Waals surface area contributed by atoms with Crippen LogP contribution in [0, 0.1) is 0 Å². The molecule has 54 heavy (non-hydrogen) atoms. The quantitative estimate of drug-likeness (QED) is 0.181. The van der Waals surface area contributed by atoms with Crippen LogP contribution in [-0.4, -0.2) is 24.1 Å². The fourth-order valence-electron chi connectivity index (χ4n) is 8.07. The standard InChI is InChI=1S/C49H31N5/c1-2-14-35-31-36(30-27-32(35)13-1)33-25-28-34(29-26-33)47-50-48(52-49(51-47)54-44-22-10-5-17-39(44)40-18-6-11-23-45(40)54)41-19-7-12-24-46(41)53-42-20-8-3-15-37(42)38-16-4-9-21-43(38)53/h1-31H. The van der Waals surface area contributed by atoms with Crippen LogP contribution in [0.2, 0.25) is 0 Å². The van der Waals surface area contributed by atoms with Crippen LogP contribution in [0.25, 0.3) is 99.9 Å². The number of rotatable bonds is 5. The molecule has 0 amide bonds. The lowest BCUT2D eigenvalue weighted by atomic mass is 10.0. The van der Waals surface area contributed by atoms with Crippen LogP contribution in [0.5, 0.6) is 0 Å². The maximum atomic E-state index is 5.32. The van der Waals surface area contributed by atoms with Crippen molar-refractivity contribution < 1.29 is 0 Å². The van der Waals surface area contributed by atoms with E-state index < -0.39 is 0 Å². The Kier molecular flexibility index (Phi) is 6.79. The van der Waals surface area contributed by atoms with Gasteiger partial charge in [-0.2, -0.15) is 9.97 Å². The summed E-state index contributed by atoms with van der Waals surface area (Å²) in [5.41, 5.74) is 9.50. The molecule has 5 heteroatoms. The summed E-state index contributed by atoms with van der Waals surface area (Å²) in [6.45, 7) is 0. The van der Waals surface area contributed by atoms with Gasteiger partial charge in [0.25, 0.3) is 0 Å². The number of hydrogen-bond acceptors (Lipinski definition) is 3. The topological polar surface area (TPSA) is 48.5 Å². The summed E-state index contributed by atoms with van der Waals surface area (Å²) in [5.74, 6) is 1.79. The highest BCUT2D eigenvalue weighted by Crippen LogP contribution is 2.37. The minimum atomic E-state index is 0.572. The van der Waals surface area contributed by atoms with Crippen molar-refractivity contribution >= 4 is 54.4 Å². The van der Waals surface area contributed by atoms with Gasteiger partial charge in [0.15, 0.2) is 11.6 Å². The maximum absolute atomic E-state index is 5.32. The Hall–Kier alpha value is -7.37. The Morgan fingerprint density at radius 3 is 1.41 bits per heavy atom. The Balaban J connectivity index is 1.14. The predicted octanol–water partition coefficient (Wildman–Crippen LogP) is 12.2. The number of para-hydroxylation sites is 5. The molecule has 0 radical (unpaired) electrons. The summed E-state index contributed by atoms with van der Waals surface area (Å²) in [7, 11) is 0. The van der Waals surface area contributed by atoms with E-state index in [0.29, 0.717) is 17.6 Å². The van der Waals surface area contributed by atoms with E-state index in [0.717, 1.165) is 55.2 Å². The van der Waals surface area contributed by atoms with E-state index in [-0.39, 0.29) is 0 Å². The summed E-state index contributed by atoms with van der Waals surface area (Å²) >= 11 is 0. The summed E-state index contributed by atoms with van der Waals surface area (Å²) < 4.78 is 4.51. The zero-order valence-electron chi connectivity index (χ0n) is 29.1. The van der Waals surface area contributed by atoms with Crippen LogP contribution in [-0.2, 0) is 0 Å². The third kappa shape index (κ3) is 4.76. The van der Waals surface area contributed by atoms with E-state index in [4.69, 9.17) is 15.0 Å². The van der Waals surface area contributed by atoms with Crippen molar-refractivity contribution in [1.82, 2.24) is 24.1 Å². The number of aromatic nitrogens is 5. The van der Waals surface area contributed by atoms with E-state index in [9.17, 15) is 0 Å². The average molecular weight is 690 g/mol. The highest BCUT2D eigenvalue weighted by molar-refractivity contribution is 6.10. The highest BCUT2D eigenvalue weighted by atomic mass is 15.2. The van der Waals surface area contributed by atoms with Crippen LogP contribution < -0.4 is 0 Å². The number of benzene rings is 8. The lowest BCUT2D eigenvalue weighted by molar-refractivity contribution is 0.951. The number of nitrogens with zero attached hydrogens (tertiary/aromatic N) is 5. The zero-order chi connectivity index (χ0) is 35.6. The first-order valence-corrected chi connectivity index (χ1v) is 18.2. The smallest absolute Gasteiger partial charge is 0.238 e. The molecule has 0 aliphatic carbocycles. The fourth-order valence-corrected chi connectivity index (χ4v) is 8.07. The van der Waals surface area contributed by atoms with Gasteiger partial charge in [-0.3, -0.25) is 4.57 Å². The van der Waals surface area contributed by atoms with Crippen molar-refractivity contribution in [2.24, 2.45) is 0 Å². The van der Waals surface area contributed by atoms with Gasteiger partial charge in [-0.05, 0) is 64.4 Å². The Labute approximate surface area is 311 Å². The van der Waals surface area contributed by atoms with Gasteiger partial charge in [0.05, 0.1) is 27.8 Å². The molecule has 11 aromatic rings. The first-order chi connectivity index (χ1) is 26.8. The number of hydrogen-bond donors (Lipinski definition) is 0. The van der Waals surface area contributed by atoms with Gasteiger partial charge in [-0.15, -0.1) is 0 Å². The van der Waals surface area contributed by atoms with Gasteiger partial charge in [-0.25, -0.2) is 4.98 Å². The summed E-state index contributed by atoms with van der Waals surface area (Å²) in [4.78, 5) is 15.8. The van der Waals surface area contributed by atoms with Crippen LogP contribution in [0.4, 0.5) is 0 Å². The molecule has 0 aliphatic rings. The Morgan fingerprint density at radius 2 is 0.778 bits per heavy atom. The van der Waals surface area contributed by atoms with E-state index in [1.807, 2.05) is 0 Å². The van der Waals surface area contributed by atoms with Crippen LogP contribution in [0.15, 0.2) is 188 Å². The molecular formula is C49H31N5. The maximum Gasteiger partial charge on any atom is 0.238 e. The first-order valence-electron chi connectivity index (χ1n) is 18.2. The monoisotopic (exact) mass is 689 g/mol. The van der Waals surface area contributed by atoms with E-state index in [1.165, 1.54) is 27.1 Å². The summed E-state index contributed by atoms with van der Waals surface area (Å²) in [6.07, 6.45) is 0. The number of fused-ring (bicyclic) bond motifs is 7. The van der Waals surface area contributed by atoms with Crippen molar-refractivity contribution in [2.45, 2.75) is 0 Å². The molecule has 0 bridgehead atoms. The second-order valence-corrected chi connectivity index (χ2v) is 13.7. The van der Waals surface area contributed by atoms with E-state index in [1.54, 1.807) is 0 Å². The second-order valence-electron chi connectivity index (χ2n) is 13.7. The second kappa shape index (κ2) is 12.1. The molecule has 0 saturated heterocycles. The van der Waals surface area contributed by atoms with Crippen LogP contribution in [0.1, 0.15) is 0 Å². The zero-order valence-corrected chi connectivity index (χ0v) is 29.1. The normalized spacial score (nSPS) is 11.7. The molecular weight excluding hydrogens is 659 g/mol. The predicted molar refractivity (Wildman–Crippen MR) is 222 cm³/mol. The summed E-state index contributed by atoms with van der Waals surface area (Å²) in [6, 6.07) is 66.2. The molecule has 0 unspecified atom stereocenters. The highest BCUT2D eigenvalue weighted by Gasteiger charge is 2.21. The summed E-state index contributed by atoms with van der Waals surface area (Å²) in [5, 5.41) is 7.17. The molecule has 0 spiro atoms. The molecule has 11 rings (SSSR count). The fraction of sp³-hybridized carbons (Fsp3) is 0. The first kappa shape index (κ1) is 30.3. The van der Waals surface area contributed by atoms with E-state index in [2.05, 4.69) is 197 Å². The lowest BCUT2D eigenvalue weighted by Gasteiger charge is -2.15. The minimum Gasteiger partial charge on any atom is -0.309 e. The van der Waals surface area contributed by atoms with E-state index >= 15 is 0 Å². The molecule has 0 atom stereocenters. The molecule has 0 aliphatic heterocycles. The lowest BCUT2D eigenvalue weighted by Crippen LogP contribution is -2.07. The molecule has 0 N–H and O–H groups in total. The van der Waals surface area contributed by atoms with Crippen molar-refractivity contribution in [2.75, 3.05) is 0 Å². The van der Waals surface area contributed by atoms with Crippen molar-refractivity contribution in [3.05, 3.63) is 188 Å². The van der Waals surface area contributed by atoms with Gasteiger partial charge in [0, 0.05) is 32.7 Å². The van der Waals surface area contributed by atoms with Crippen LogP contribution >= 0.6 is 0 Å². The van der Waals surface area contributed by atoms with Crippen molar-refractivity contribution in [3.8, 4) is 45.5 Å². The average Bonchev–Trinajstić information content (AvgIpc) is 3.76. The largest absolute Gasteiger partial charge is 0.309 e. The molecule has 3 heterocycles. The third-order valence-corrected chi connectivity index (χ3v) is 10.6. The molecule has 0 fully saturated rings. The van der Waals surface area contributed by atoms with Gasteiger partial charge in [-0.1, -0.05) is 146 Å². The minimum absolute atomic E-state index is 0.572. The molecule has 5 nitrogen and oxygen atoms in total. The van der Waals surface area contributed by atoms with Crippen LogP contribution in [0.3, 0.4) is 0 Å². The van der Waals surface area contributed by atoms with Gasteiger partial charge in [0.2, 0.25) is 5.95 Å². The molecule has 3 aromatic heterocycles. The molecule has 252 valence electrons. The Morgan fingerprint density at radius 1 is 0.315 bits per heavy atom. The SMILES string of the molecule is c1ccc(-n2c3ccccc3c3ccccc32)c(-c2nc(-c3ccc(-c4ccc5ccccc5c4)cc3)nc(-n3c4ccccc4c4ccccc43)n2)c1. The third-order valence-electron chi connectivity index (χ3n) is 10.6. The van der Waals surface area contributed by atoms with Gasteiger partial charge in [0.1, 0.15) is 0 Å². The molecule has 0 saturated carbocycles. The van der Waals surface area contributed by atoms with Crippen molar-refractivity contribution in [1.29, 1.82) is 0 Å². The Bertz CT molecular complexity index is 3120. The molecule has 8 aromatic carbocycles. The van der Waals surface area contributed by atoms with Gasteiger partial charge >= 0.3 is 0 Å². The van der Waals surface area contributed by atoms with Gasteiger partial charge < -0.3 is 4.57 Å². The van der Waals surface area contributed by atoms with Crippen molar-refractivity contribution in [3.63, 3.8) is 0 Å².